The van der Waals surface area contributed by atoms with Crippen LogP contribution in [0.25, 0.3) is 0 Å². The number of aliphatic hydroxyl groups excluding tert-OH is 1. The minimum atomic E-state index is 0.302. The first kappa shape index (κ1) is 12.0. The maximum Gasteiger partial charge on any atom is 0.0568 e. The Morgan fingerprint density at radius 1 is 1.18 bits per heavy atom. The molecule has 2 unspecified atom stereocenters. The fraction of sp³-hybridized carbons (Fsp3) is 0.538. The minimum Gasteiger partial charge on any atom is -0.397 e. The van der Waals surface area contributed by atoms with Crippen LogP contribution in [-0.2, 0) is 0 Å². The highest BCUT2D eigenvalue weighted by molar-refractivity contribution is 5.69. The number of nitrogen functional groups attached to an aromatic ring is 2. The van der Waals surface area contributed by atoms with E-state index in [2.05, 4.69) is 5.32 Å². The number of nitrogens with one attached hydrogen (secondary N) is 1. The molecule has 2 rings (SSSR count). The van der Waals surface area contributed by atoms with E-state index >= 15 is 0 Å². The standard InChI is InChI=1S/C13H21N3O/c14-12-5-4-11(6-13(12)15)16-7-9-2-1-3-10(9)8-17/h4-6,9-10,16-17H,1-3,7-8,14-15H2. The van der Waals surface area contributed by atoms with Gasteiger partial charge in [-0.15, -0.1) is 0 Å². The van der Waals surface area contributed by atoms with Crippen LogP contribution < -0.4 is 16.8 Å². The molecule has 1 saturated carbocycles. The molecule has 2 atom stereocenters. The van der Waals surface area contributed by atoms with Crippen LogP contribution in [0.5, 0.6) is 0 Å². The molecule has 6 N–H and O–H groups in total. The third kappa shape index (κ3) is 2.82. The summed E-state index contributed by atoms with van der Waals surface area (Å²) in [7, 11) is 0. The SMILES string of the molecule is Nc1ccc(NCC2CCCC2CO)cc1N. The minimum absolute atomic E-state index is 0.302. The highest BCUT2D eigenvalue weighted by Gasteiger charge is 2.26. The van der Waals surface area contributed by atoms with Crippen LogP contribution >= 0.6 is 0 Å². The molecule has 1 aromatic rings. The van der Waals surface area contributed by atoms with Gasteiger partial charge in [-0.3, -0.25) is 0 Å². The van der Waals surface area contributed by atoms with Crippen molar-refractivity contribution >= 4 is 17.1 Å². The van der Waals surface area contributed by atoms with Gasteiger partial charge in [0, 0.05) is 18.8 Å². The maximum absolute atomic E-state index is 9.25. The number of benzene rings is 1. The highest BCUT2D eigenvalue weighted by Crippen LogP contribution is 2.31. The van der Waals surface area contributed by atoms with Gasteiger partial charge in [0.15, 0.2) is 0 Å². The van der Waals surface area contributed by atoms with E-state index < -0.39 is 0 Å². The van der Waals surface area contributed by atoms with Gasteiger partial charge in [0.2, 0.25) is 0 Å². The van der Waals surface area contributed by atoms with Crippen molar-refractivity contribution < 1.29 is 5.11 Å². The van der Waals surface area contributed by atoms with Gasteiger partial charge in [0.1, 0.15) is 0 Å². The number of hydrogen-bond donors (Lipinski definition) is 4. The molecule has 0 heterocycles. The fourth-order valence-electron chi connectivity index (χ4n) is 2.56. The molecule has 0 saturated heterocycles. The van der Waals surface area contributed by atoms with E-state index in [0.29, 0.717) is 29.8 Å². The lowest BCUT2D eigenvalue weighted by molar-refractivity contribution is 0.199. The first-order valence-corrected chi connectivity index (χ1v) is 6.20. The van der Waals surface area contributed by atoms with Gasteiger partial charge in [-0.05, 0) is 42.9 Å². The molecule has 1 aromatic carbocycles. The van der Waals surface area contributed by atoms with Crippen molar-refractivity contribution in [2.45, 2.75) is 19.3 Å². The van der Waals surface area contributed by atoms with Gasteiger partial charge < -0.3 is 21.9 Å². The molecule has 0 aliphatic heterocycles. The van der Waals surface area contributed by atoms with E-state index in [-0.39, 0.29) is 0 Å². The lowest BCUT2D eigenvalue weighted by atomic mass is 9.97. The predicted octanol–water partition coefficient (Wildman–Crippen LogP) is 1.67. The van der Waals surface area contributed by atoms with E-state index in [1.54, 1.807) is 0 Å². The molecule has 0 radical (unpaired) electrons. The van der Waals surface area contributed by atoms with Crippen molar-refractivity contribution in [2.75, 3.05) is 29.9 Å². The number of nitrogens with two attached hydrogens (primary N) is 2. The summed E-state index contributed by atoms with van der Waals surface area (Å²) in [5.41, 5.74) is 13.6. The molecular formula is C13H21N3O. The van der Waals surface area contributed by atoms with Gasteiger partial charge in [-0.1, -0.05) is 6.42 Å². The van der Waals surface area contributed by atoms with Crippen molar-refractivity contribution in [1.82, 2.24) is 0 Å². The highest BCUT2D eigenvalue weighted by atomic mass is 16.3. The molecule has 4 nitrogen and oxygen atoms in total. The Balaban J connectivity index is 1.91. The summed E-state index contributed by atoms with van der Waals surface area (Å²) in [5.74, 6) is 1.02. The van der Waals surface area contributed by atoms with Crippen LogP contribution in [-0.4, -0.2) is 18.3 Å². The van der Waals surface area contributed by atoms with Crippen molar-refractivity contribution in [3.05, 3.63) is 18.2 Å². The van der Waals surface area contributed by atoms with E-state index in [0.717, 1.165) is 18.7 Å². The number of aliphatic hydroxyl groups is 1. The lowest BCUT2D eigenvalue weighted by Gasteiger charge is -2.18. The molecule has 0 aromatic heterocycles. The molecule has 1 fully saturated rings. The first-order valence-electron chi connectivity index (χ1n) is 6.20. The Kier molecular flexibility index (Phi) is 3.74. The summed E-state index contributed by atoms with van der Waals surface area (Å²) in [4.78, 5) is 0. The van der Waals surface area contributed by atoms with E-state index in [9.17, 15) is 5.11 Å². The summed E-state index contributed by atoms with van der Waals surface area (Å²) >= 11 is 0. The molecule has 1 aliphatic rings. The van der Waals surface area contributed by atoms with Gasteiger partial charge in [-0.25, -0.2) is 0 Å². The average Bonchev–Trinajstić information content (AvgIpc) is 2.78. The molecular weight excluding hydrogens is 214 g/mol. The first-order chi connectivity index (χ1) is 8.20. The Hall–Kier alpha value is -1.42. The van der Waals surface area contributed by atoms with E-state index in [1.165, 1.54) is 12.8 Å². The zero-order valence-electron chi connectivity index (χ0n) is 10.0. The molecule has 94 valence electrons. The second kappa shape index (κ2) is 5.27. The van der Waals surface area contributed by atoms with Crippen molar-refractivity contribution in [1.29, 1.82) is 0 Å². The van der Waals surface area contributed by atoms with Crippen LogP contribution in [0, 0.1) is 11.8 Å². The van der Waals surface area contributed by atoms with Gasteiger partial charge in [0.25, 0.3) is 0 Å². The zero-order valence-corrected chi connectivity index (χ0v) is 10.0. The average molecular weight is 235 g/mol. The third-order valence-electron chi connectivity index (χ3n) is 3.71. The van der Waals surface area contributed by atoms with Crippen molar-refractivity contribution in [3.63, 3.8) is 0 Å². The Morgan fingerprint density at radius 2 is 1.94 bits per heavy atom. The Bertz CT molecular complexity index is 381. The number of hydrogen-bond acceptors (Lipinski definition) is 4. The van der Waals surface area contributed by atoms with Crippen molar-refractivity contribution in [3.8, 4) is 0 Å². The van der Waals surface area contributed by atoms with E-state index in [4.69, 9.17) is 11.5 Å². The van der Waals surface area contributed by atoms with Crippen molar-refractivity contribution in [2.24, 2.45) is 11.8 Å². The normalized spacial score (nSPS) is 23.8. The van der Waals surface area contributed by atoms with Crippen LogP contribution in [0.2, 0.25) is 0 Å². The van der Waals surface area contributed by atoms with Gasteiger partial charge >= 0.3 is 0 Å². The molecule has 0 spiro atoms. The summed E-state index contributed by atoms with van der Waals surface area (Å²) in [5, 5.41) is 12.6. The topological polar surface area (TPSA) is 84.3 Å². The smallest absolute Gasteiger partial charge is 0.0568 e. The fourth-order valence-corrected chi connectivity index (χ4v) is 2.56. The van der Waals surface area contributed by atoms with Gasteiger partial charge in [-0.2, -0.15) is 0 Å². The molecule has 17 heavy (non-hydrogen) atoms. The largest absolute Gasteiger partial charge is 0.397 e. The molecule has 4 heteroatoms. The number of rotatable bonds is 4. The van der Waals surface area contributed by atoms with E-state index in [1.807, 2.05) is 18.2 Å². The van der Waals surface area contributed by atoms with Crippen LogP contribution in [0.4, 0.5) is 17.1 Å². The molecule has 1 aliphatic carbocycles. The second-order valence-corrected chi connectivity index (χ2v) is 4.86. The summed E-state index contributed by atoms with van der Waals surface area (Å²) in [6.07, 6.45) is 3.57. The monoisotopic (exact) mass is 235 g/mol. The molecule has 0 amide bonds. The lowest BCUT2D eigenvalue weighted by Crippen LogP contribution is -2.20. The third-order valence-corrected chi connectivity index (χ3v) is 3.71. The maximum atomic E-state index is 9.25. The van der Waals surface area contributed by atoms with Crippen LogP contribution in [0.15, 0.2) is 18.2 Å². The Labute approximate surface area is 102 Å². The number of anilines is 3. The zero-order chi connectivity index (χ0) is 12.3. The van der Waals surface area contributed by atoms with Gasteiger partial charge in [0.05, 0.1) is 11.4 Å². The summed E-state index contributed by atoms with van der Waals surface area (Å²) < 4.78 is 0. The van der Waals surface area contributed by atoms with Crippen LogP contribution in [0.3, 0.4) is 0 Å². The quantitative estimate of drug-likeness (QED) is 0.598. The van der Waals surface area contributed by atoms with Crippen LogP contribution in [0.1, 0.15) is 19.3 Å². The summed E-state index contributed by atoms with van der Waals surface area (Å²) in [6.45, 7) is 1.20. The molecule has 0 bridgehead atoms. The Morgan fingerprint density at radius 3 is 2.65 bits per heavy atom. The second-order valence-electron chi connectivity index (χ2n) is 4.86. The predicted molar refractivity (Wildman–Crippen MR) is 71.7 cm³/mol. The summed E-state index contributed by atoms with van der Waals surface area (Å²) in [6, 6.07) is 5.61.